The van der Waals surface area contributed by atoms with Crippen LogP contribution in [-0.2, 0) is 9.53 Å². The maximum absolute atomic E-state index is 11.3. The highest BCUT2D eigenvalue weighted by Crippen LogP contribution is 2.26. The minimum Gasteiger partial charge on any atom is -0.378 e. The Bertz CT molecular complexity index is 229. The Balaban J connectivity index is 2.30. The van der Waals surface area contributed by atoms with E-state index in [-0.39, 0.29) is 5.91 Å². The quantitative estimate of drug-likeness (QED) is 0.520. The van der Waals surface area contributed by atoms with Crippen LogP contribution >= 0.6 is 0 Å². The third kappa shape index (κ3) is 0.860. The number of aliphatic imine (C=N–C) groups is 1. The molecule has 2 rings (SSSR count). The van der Waals surface area contributed by atoms with Gasteiger partial charge in [-0.1, -0.05) is 0 Å². The molecule has 4 heteroatoms. The second-order valence-electron chi connectivity index (χ2n) is 2.99. The lowest BCUT2D eigenvalue weighted by Gasteiger charge is -2.12. The van der Waals surface area contributed by atoms with Crippen molar-refractivity contribution in [3.63, 3.8) is 0 Å². The molecule has 2 aliphatic heterocycles. The molecule has 0 bridgehead atoms. The van der Waals surface area contributed by atoms with E-state index >= 15 is 0 Å². The molecule has 0 aromatic carbocycles. The molecule has 1 fully saturated rings. The molecular weight excluding hydrogens is 144 g/mol. The van der Waals surface area contributed by atoms with Crippen molar-refractivity contribution in [2.24, 2.45) is 4.99 Å². The molecule has 2 heterocycles. The molecule has 1 N–H and O–H groups in total. The summed E-state index contributed by atoms with van der Waals surface area (Å²) in [4.78, 5) is 15.5. The molecule has 2 aliphatic rings. The van der Waals surface area contributed by atoms with Crippen LogP contribution in [0.4, 0.5) is 0 Å². The van der Waals surface area contributed by atoms with E-state index < -0.39 is 5.54 Å². The average molecular weight is 154 g/mol. The zero-order valence-corrected chi connectivity index (χ0v) is 6.39. The molecule has 1 spiro atoms. The average Bonchev–Trinajstić information content (AvgIpc) is 2.45. The van der Waals surface area contributed by atoms with E-state index in [0.29, 0.717) is 19.0 Å². The van der Waals surface area contributed by atoms with E-state index in [9.17, 15) is 4.79 Å². The van der Waals surface area contributed by atoms with Crippen LogP contribution in [0.3, 0.4) is 0 Å². The van der Waals surface area contributed by atoms with Gasteiger partial charge < -0.3 is 10.1 Å². The van der Waals surface area contributed by atoms with Gasteiger partial charge in [0.15, 0.2) is 5.54 Å². The summed E-state index contributed by atoms with van der Waals surface area (Å²) in [6.45, 7) is 2.88. The smallest absolute Gasteiger partial charge is 0.255 e. The van der Waals surface area contributed by atoms with Gasteiger partial charge in [-0.05, 0) is 6.92 Å². The molecule has 1 atom stereocenters. The molecule has 0 aliphatic carbocycles. The van der Waals surface area contributed by atoms with Gasteiger partial charge in [0.25, 0.3) is 5.91 Å². The van der Waals surface area contributed by atoms with Crippen LogP contribution in [0.25, 0.3) is 0 Å². The van der Waals surface area contributed by atoms with Crippen molar-refractivity contribution in [2.45, 2.75) is 18.9 Å². The Morgan fingerprint density at radius 1 is 1.73 bits per heavy atom. The third-order valence-electron chi connectivity index (χ3n) is 2.10. The molecule has 4 nitrogen and oxygen atoms in total. The van der Waals surface area contributed by atoms with Crippen LogP contribution in [0.2, 0.25) is 0 Å². The third-order valence-corrected chi connectivity index (χ3v) is 2.10. The largest absolute Gasteiger partial charge is 0.378 e. The summed E-state index contributed by atoms with van der Waals surface area (Å²) in [6.07, 6.45) is 0.718. The number of amidine groups is 1. The first-order chi connectivity index (χ1) is 5.23. The maximum Gasteiger partial charge on any atom is 0.255 e. The highest BCUT2D eigenvalue weighted by molar-refractivity contribution is 6.07. The second-order valence-corrected chi connectivity index (χ2v) is 2.99. The highest BCUT2D eigenvalue weighted by atomic mass is 16.5. The van der Waals surface area contributed by atoms with E-state index in [1.54, 1.807) is 6.92 Å². The Labute approximate surface area is 64.6 Å². The number of ether oxygens (including phenoxy) is 1. The van der Waals surface area contributed by atoms with Crippen molar-refractivity contribution in [1.82, 2.24) is 5.32 Å². The first-order valence-electron chi connectivity index (χ1n) is 3.69. The van der Waals surface area contributed by atoms with E-state index in [4.69, 9.17) is 4.74 Å². The number of hydrogen-bond acceptors (Lipinski definition) is 3. The van der Waals surface area contributed by atoms with E-state index in [2.05, 4.69) is 10.3 Å². The standard InChI is InChI=1S/C7H10N2O2/c1-5-8-6(10)7(9-5)2-3-11-4-7/h2-4H2,1H3,(H,8,9,10). The number of nitrogens with zero attached hydrogens (tertiary/aromatic N) is 1. The lowest BCUT2D eigenvalue weighted by Crippen LogP contribution is -2.39. The van der Waals surface area contributed by atoms with Crippen LogP contribution in [-0.4, -0.2) is 30.5 Å². The normalized spacial score (nSPS) is 36.1. The molecule has 1 amide bonds. The van der Waals surface area contributed by atoms with Gasteiger partial charge in [-0.2, -0.15) is 0 Å². The topological polar surface area (TPSA) is 50.7 Å². The monoisotopic (exact) mass is 154 g/mol. The van der Waals surface area contributed by atoms with Crippen LogP contribution in [0.15, 0.2) is 4.99 Å². The number of rotatable bonds is 0. The highest BCUT2D eigenvalue weighted by Gasteiger charge is 2.45. The molecule has 11 heavy (non-hydrogen) atoms. The van der Waals surface area contributed by atoms with Crippen LogP contribution in [0.5, 0.6) is 0 Å². The van der Waals surface area contributed by atoms with Crippen molar-refractivity contribution in [3.8, 4) is 0 Å². The summed E-state index contributed by atoms with van der Waals surface area (Å²) in [5, 5.41) is 2.68. The molecular formula is C7H10N2O2. The van der Waals surface area contributed by atoms with Crippen molar-refractivity contribution in [1.29, 1.82) is 0 Å². The van der Waals surface area contributed by atoms with E-state index in [0.717, 1.165) is 6.42 Å². The van der Waals surface area contributed by atoms with Crippen LogP contribution in [0.1, 0.15) is 13.3 Å². The number of carbonyl (C=O) groups is 1. The van der Waals surface area contributed by atoms with E-state index in [1.165, 1.54) is 0 Å². The number of nitrogens with one attached hydrogen (secondary N) is 1. The fourth-order valence-electron chi connectivity index (χ4n) is 1.50. The lowest BCUT2D eigenvalue weighted by atomic mass is 10.0. The molecule has 0 aromatic heterocycles. The number of amides is 1. The summed E-state index contributed by atoms with van der Waals surface area (Å²) in [5.74, 6) is 0.702. The minimum atomic E-state index is -0.565. The van der Waals surface area contributed by atoms with Gasteiger partial charge in [-0.25, -0.2) is 0 Å². The zero-order chi connectivity index (χ0) is 7.90. The lowest BCUT2D eigenvalue weighted by molar-refractivity contribution is -0.123. The molecule has 0 aromatic rings. The number of hydrogen-bond donors (Lipinski definition) is 1. The molecule has 60 valence electrons. The van der Waals surface area contributed by atoms with Gasteiger partial charge in [0.05, 0.1) is 6.61 Å². The zero-order valence-electron chi connectivity index (χ0n) is 6.39. The predicted octanol–water partition coefficient (Wildman–Crippen LogP) is -0.306. The minimum absolute atomic E-state index is 0.00694. The number of carbonyl (C=O) groups excluding carboxylic acids is 1. The van der Waals surface area contributed by atoms with Crippen LogP contribution in [0, 0.1) is 0 Å². The molecule has 0 saturated carbocycles. The van der Waals surface area contributed by atoms with Crippen molar-refractivity contribution >= 4 is 11.7 Å². The summed E-state index contributed by atoms with van der Waals surface area (Å²) in [7, 11) is 0. The fourth-order valence-corrected chi connectivity index (χ4v) is 1.50. The summed E-state index contributed by atoms with van der Waals surface area (Å²) >= 11 is 0. The van der Waals surface area contributed by atoms with Crippen molar-refractivity contribution in [3.05, 3.63) is 0 Å². The van der Waals surface area contributed by atoms with Gasteiger partial charge in [0, 0.05) is 13.0 Å². The Kier molecular flexibility index (Phi) is 1.26. The van der Waals surface area contributed by atoms with Gasteiger partial charge >= 0.3 is 0 Å². The summed E-state index contributed by atoms with van der Waals surface area (Å²) < 4.78 is 5.13. The van der Waals surface area contributed by atoms with Gasteiger partial charge in [-0.15, -0.1) is 0 Å². The molecule has 0 radical (unpaired) electrons. The predicted molar refractivity (Wildman–Crippen MR) is 39.4 cm³/mol. The summed E-state index contributed by atoms with van der Waals surface area (Å²) in [5.41, 5.74) is -0.565. The second kappa shape index (κ2) is 2.04. The van der Waals surface area contributed by atoms with E-state index in [1.807, 2.05) is 0 Å². The maximum atomic E-state index is 11.3. The van der Waals surface area contributed by atoms with Crippen molar-refractivity contribution < 1.29 is 9.53 Å². The first kappa shape index (κ1) is 6.79. The first-order valence-corrected chi connectivity index (χ1v) is 3.69. The summed E-state index contributed by atoms with van der Waals surface area (Å²) in [6, 6.07) is 0. The fraction of sp³-hybridized carbons (Fsp3) is 0.714. The Hall–Kier alpha value is -0.900. The molecule has 1 unspecified atom stereocenters. The molecule has 1 saturated heterocycles. The van der Waals surface area contributed by atoms with Crippen molar-refractivity contribution in [2.75, 3.05) is 13.2 Å². The van der Waals surface area contributed by atoms with Gasteiger partial charge in [0.2, 0.25) is 0 Å². The Morgan fingerprint density at radius 3 is 3.00 bits per heavy atom. The van der Waals surface area contributed by atoms with Crippen LogP contribution < -0.4 is 5.32 Å². The SMILES string of the molecule is CC1=NC2(CCOC2)C(=O)N1. The Morgan fingerprint density at radius 2 is 2.55 bits per heavy atom. The van der Waals surface area contributed by atoms with Gasteiger partial charge in [-0.3, -0.25) is 9.79 Å². The van der Waals surface area contributed by atoms with Gasteiger partial charge in [0.1, 0.15) is 5.84 Å².